The van der Waals surface area contributed by atoms with E-state index in [-0.39, 0.29) is 18.9 Å². The van der Waals surface area contributed by atoms with Crippen LogP contribution in [0.1, 0.15) is 328 Å². The molecule has 103 heavy (non-hydrogen) atoms. The van der Waals surface area contributed by atoms with Crippen molar-refractivity contribution < 1.29 is 64.6 Å². The first kappa shape index (κ1) is 95.2. The molecule has 2 heterocycles. The molecule has 12 atom stereocenters. The van der Waals surface area contributed by atoms with Crippen LogP contribution in [-0.4, -0.2) is 140 Å². The van der Waals surface area contributed by atoms with Gasteiger partial charge in [0.05, 0.1) is 32.0 Å². The van der Waals surface area contributed by atoms with Gasteiger partial charge in [-0.05, 0) is 109 Å². The van der Waals surface area contributed by atoms with Crippen molar-refractivity contribution >= 4 is 5.91 Å². The largest absolute Gasteiger partial charge is 0.394 e. The quantitative estimate of drug-likeness (QED) is 0.0204. The monoisotopic (exact) mass is 1440 g/mol. The van der Waals surface area contributed by atoms with Crippen LogP contribution in [0.5, 0.6) is 0 Å². The lowest BCUT2D eigenvalue weighted by atomic mass is 9.97. The number of unbranched alkanes of at least 4 members (excludes halogenated alkanes) is 36. The third-order valence-corrected chi connectivity index (χ3v) is 19.5. The zero-order valence-corrected chi connectivity index (χ0v) is 65.0. The highest BCUT2D eigenvalue weighted by atomic mass is 16.7. The summed E-state index contributed by atoms with van der Waals surface area (Å²) in [5.74, 6) is -0.257. The Morgan fingerprint density at radius 3 is 1.07 bits per heavy atom. The molecule has 2 fully saturated rings. The maximum atomic E-state index is 13.4. The van der Waals surface area contributed by atoms with Crippen LogP contribution in [0.4, 0.5) is 0 Å². The van der Waals surface area contributed by atoms with Gasteiger partial charge >= 0.3 is 0 Å². The van der Waals surface area contributed by atoms with Gasteiger partial charge in [-0.15, -0.1) is 0 Å². The summed E-state index contributed by atoms with van der Waals surface area (Å²) in [6, 6.07) is -0.950. The molecular weight excluding hydrogens is 1290 g/mol. The Morgan fingerprint density at radius 2 is 0.680 bits per heavy atom. The second kappa shape index (κ2) is 71.1. The first-order valence-electron chi connectivity index (χ1n) is 41.9. The number of carbonyl (C=O) groups excluding carboxylic acids is 1. The molecule has 14 nitrogen and oxygen atoms in total. The van der Waals surface area contributed by atoms with Crippen LogP contribution < -0.4 is 5.32 Å². The van der Waals surface area contributed by atoms with Crippen LogP contribution in [0.2, 0.25) is 0 Å². The first-order valence-corrected chi connectivity index (χ1v) is 41.9. The van der Waals surface area contributed by atoms with Crippen molar-refractivity contribution in [3.63, 3.8) is 0 Å². The van der Waals surface area contributed by atoms with Crippen LogP contribution in [0.15, 0.2) is 134 Å². The predicted molar refractivity (Wildman–Crippen MR) is 428 cm³/mol. The molecule has 0 saturated carbocycles. The highest BCUT2D eigenvalue weighted by Gasteiger charge is 2.51. The van der Waals surface area contributed by atoms with E-state index in [9.17, 15) is 45.6 Å². The van der Waals surface area contributed by atoms with Crippen molar-refractivity contribution in [1.29, 1.82) is 0 Å². The Hall–Kier alpha value is -3.87. The van der Waals surface area contributed by atoms with Gasteiger partial charge in [-0.1, -0.05) is 347 Å². The fourth-order valence-electron chi connectivity index (χ4n) is 13.0. The number of hydrogen-bond donors (Lipinski definition) is 9. The van der Waals surface area contributed by atoms with Crippen LogP contribution in [0.25, 0.3) is 0 Å². The van der Waals surface area contributed by atoms with Gasteiger partial charge in [-0.25, -0.2) is 0 Å². The van der Waals surface area contributed by atoms with Gasteiger partial charge in [0.15, 0.2) is 12.6 Å². The molecule has 0 aliphatic carbocycles. The van der Waals surface area contributed by atoms with Gasteiger partial charge in [-0.3, -0.25) is 4.79 Å². The molecule has 14 heteroatoms. The molecule has 592 valence electrons. The molecule has 2 saturated heterocycles. The molecule has 0 aromatic rings. The molecule has 0 spiro atoms. The number of amides is 1. The Kier molecular flexibility index (Phi) is 65.7. The number of ether oxygens (including phenoxy) is 4. The average Bonchev–Trinajstić information content (AvgIpc) is 0.791. The lowest BCUT2D eigenvalue weighted by Crippen LogP contribution is -2.65. The molecule has 0 aromatic carbocycles. The minimum atomic E-state index is -1.80. The SMILES string of the molecule is CC/C=C\C/C=C\C/C=C\C/C=C\C/C=C\C/C=C\C/C=C\C/C=C\CCCCCCCCCCCCCCC(=O)NC(COC1OC(CO)C(OC2OC(CO)C(O)C(O)C2O)C(O)C1O)C(O)/C=C/CC/C=C/CC/C=C/CCCCCCCCCCCCCCCCCCCCCCCC. The van der Waals surface area contributed by atoms with E-state index in [1.807, 2.05) is 6.08 Å². The molecule has 9 N–H and O–H groups in total. The summed E-state index contributed by atoms with van der Waals surface area (Å²) in [5.41, 5.74) is 0. The first-order chi connectivity index (χ1) is 50.6. The van der Waals surface area contributed by atoms with Gasteiger partial charge < -0.3 is 65.1 Å². The molecule has 2 aliphatic heterocycles. The summed E-state index contributed by atoms with van der Waals surface area (Å²) >= 11 is 0. The Bertz CT molecular complexity index is 2250. The third-order valence-electron chi connectivity index (χ3n) is 19.5. The minimum absolute atomic E-state index is 0.257. The van der Waals surface area contributed by atoms with E-state index in [2.05, 4.69) is 141 Å². The standard InChI is InChI=1S/C89H153NO13/c1-3-5-7-9-11-13-15-17-19-21-23-25-27-29-31-33-35-37-38-39-40-41-43-45-47-49-51-53-55-57-59-61-63-65-67-69-71-73-81(94)90-77(76-100-88-86(99)84(97)87(80(75-92)102-88)103-89-85(98)83(96)82(95)79(74-91)101-89)78(93)72-70-68-66-64-62-60-58-56-54-52-50-48-46-44-42-36-34-32-30-28-26-24-22-20-18-16-14-12-10-8-6-4-2/h5,7,11,13,17,19,23,25,29,31,35,37,39-40,43,45,54,56,62,64,70,72,77-80,82-89,91-93,95-99H,3-4,6,8-10,12,14-16,18,20-22,24,26-28,30,32-34,36,38,41-42,44,46-53,55,57-61,63,65-69,71,73-76H2,1-2H3,(H,90,94)/b7-5-,13-11-,19-17-,25-23-,31-29-,37-35-,40-39-,45-43-,56-54+,64-62+,72-70+. The van der Waals surface area contributed by atoms with E-state index >= 15 is 0 Å². The van der Waals surface area contributed by atoms with Crippen molar-refractivity contribution in [2.75, 3.05) is 19.8 Å². The number of allylic oxidation sites excluding steroid dienone is 21. The van der Waals surface area contributed by atoms with Gasteiger partial charge in [0.1, 0.15) is 48.8 Å². The Morgan fingerprint density at radius 1 is 0.359 bits per heavy atom. The zero-order chi connectivity index (χ0) is 74.4. The molecule has 2 rings (SSSR count). The highest BCUT2D eigenvalue weighted by Crippen LogP contribution is 2.30. The summed E-state index contributed by atoms with van der Waals surface area (Å²) in [5, 5.41) is 87.7. The van der Waals surface area contributed by atoms with E-state index in [0.29, 0.717) is 12.8 Å². The van der Waals surface area contributed by atoms with Gasteiger partial charge in [0, 0.05) is 6.42 Å². The number of aliphatic hydroxyl groups excluding tert-OH is 8. The Balaban J connectivity index is 1.63. The van der Waals surface area contributed by atoms with Crippen LogP contribution in [0.3, 0.4) is 0 Å². The molecule has 2 aliphatic rings. The summed E-state index contributed by atoms with van der Waals surface area (Å²) in [4.78, 5) is 13.4. The molecule has 0 radical (unpaired) electrons. The highest BCUT2D eigenvalue weighted by molar-refractivity contribution is 5.76. The van der Waals surface area contributed by atoms with E-state index in [0.717, 1.165) is 103 Å². The van der Waals surface area contributed by atoms with E-state index in [4.69, 9.17) is 18.9 Å². The number of nitrogens with one attached hydrogen (secondary N) is 1. The maximum absolute atomic E-state index is 13.4. The molecule has 0 aromatic heterocycles. The zero-order valence-electron chi connectivity index (χ0n) is 65.0. The van der Waals surface area contributed by atoms with Crippen molar-refractivity contribution in [2.24, 2.45) is 0 Å². The number of aliphatic hydroxyl groups is 8. The van der Waals surface area contributed by atoms with Gasteiger partial charge in [0.25, 0.3) is 0 Å². The molecule has 12 unspecified atom stereocenters. The smallest absolute Gasteiger partial charge is 0.220 e. The fraction of sp³-hybridized carbons (Fsp3) is 0.742. The Labute approximate surface area is 628 Å². The van der Waals surface area contributed by atoms with Crippen LogP contribution in [-0.2, 0) is 23.7 Å². The van der Waals surface area contributed by atoms with Crippen LogP contribution >= 0.6 is 0 Å². The maximum Gasteiger partial charge on any atom is 0.220 e. The van der Waals surface area contributed by atoms with E-state index in [1.54, 1.807) is 6.08 Å². The third kappa shape index (κ3) is 53.6. The van der Waals surface area contributed by atoms with Crippen molar-refractivity contribution in [3.8, 4) is 0 Å². The molecular formula is C89H153NO13. The average molecular weight is 1450 g/mol. The summed E-state index contributed by atoms with van der Waals surface area (Å²) in [6.07, 6.45) is 89.7. The number of hydrogen-bond acceptors (Lipinski definition) is 13. The van der Waals surface area contributed by atoms with Crippen molar-refractivity contribution in [1.82, 2.24) is 5.32 Å². The normalized spacial score (nSPS) is 22.3. The van der Waals surface area contributed by atoms with Gasteiger partial charge in [-0.2, -0.15) is 0 Å². The lowest BCUT2D eigenvalue weighted by molar-refractivity contribution is -0.359. The second-order valence-corrected chi connectivity index (χ2v) is 28.9. The van der Waals surface area contributed by atoms with Crippen molar-refractivity contribution in [3.05, 3.63) is 134 Å². The summed E-state index contributed by atoms with van der Waals surface area (Å²) < 4.78 is 22.9. The van der Waals surface area contributed by atoms with Crippen LogP contribution in [0, 0.1) is 0 Å². The lowest BCUT2D eigenvalue weighted by Gasteiger charge is -2.46. The summed E-state index contributed by atoms with van der Waals surface area (Å²) in [7, 11) is 0. The predicted octanol–water partition coefficient (Wildman–Crippen LogP) is 19.7. The fourth-order valence-corrected chi connectivity index (χ4v) is 13.0. The minimum Gasteiger partial charge on any atom is -0.394 e. The van der Waals surface area contributed by atoms with E-state index < -0.39 is 86.8 Å². The number of carbonyl (C=O) groups is 1. The molecule has 1 amide bonds. The van der Waals surface area contributed by atoms with Gasteiger partial charge in [0.2, 0.25) is 5.91 Å². The number of rotatable bonds is 69. The van der Waals surface area contributed by atoms with E-state index in [1.165, 1.54) is 193 Å². The summed E-state index contributed by atoms with van der Waals surface area (Å²) in [6.45, 7) is 2.69. The second-order valence-electron chi connectivity index (χ2n) is 28.9. The molecule has 0 bridgehead atoms. The topological polar surface area (TPSA) is 228 Å². The van der Waals surface area contributed by atoms with Crippen molar-refractivity contribution in [2.45, 2.75) is 402 Å².